The van der Waals surface area contributed by atoms with Crippen LogP contribution >= 0.6 is 11.6 Å². The number of nitrogens with one attached hydrogen (secondary N) is 2. The number of rotatable bonds is 14. The third kappa shape index (κ3) is 6.76. The number of unbranched alkanes of at least 4 members (excludes halogenated alkanes) is 2. The van der Waals surface area contributed by atoms with Gasteiger partial charge < -0.3 is 15.2 Å². The molecule has 0 radical (unpaired) electrons. The Labute approximate surface area is 217 Å². The first-order valence-corrected chi connectivity index (χ1v) is 12.2. The summed E-state index contributed by atoms with van der Waals surface area (Å²) >= 11 is 6.05. The molecule has 2 heterocycles. The highest BCUT2D eigenvalue weighted by molar-refractivity contribution is 6.28. The molecule has 3 rings (SSSR count). The normalized spacial score (nSPS) is 12.9. The SMILES string of the molecule is C=CNc1nc(Cl)[nH]c1C(=C)N(CCCCC)CCCC1=NC(Cc2c(F)c(F)c(F)c(F)c2F)=NC1. The summed E-state index contributed by atoms with van der Waals surface area (Å²) in [5.41, 5.74) is 1.07. The van der Waals surface area contributed by atoms with Crippen LogP contribution in [0.5, 0.6) is 0 Å². The highest BCUT2D eigenvalue weighted by Crippen LogP contribution is 2.27. The summed E-state index contributed by atoms with van der Waals surface area (Å²) in [5.74, 6) is -9.35. The summed E-state index contributed by atoms with van der Waals surface area (Å²) < 4.78 is 68.3. The van der Waals surface area contributed by atoms with Crippen LogP contribution in [0.25, 0.3) is 5.70 Å². The average molecular weight is 543 g/mol. The van der Waals surface area contributed by atoms with E-state index in [0.29, 0.717) is 42.3 Å². The number of H-pyrrole nitrogens is 1. The number of aromatic nitrogens is 2. The molecule has 0 unspecified atom stereocenters. The minimum absolute atomic E-state index is 0.0228. The lowest BCUT2D eigenvalue weighted by molar-refractivity contribution is 0.372. The summed E-state index contributed by atoms with van der Waals surface area (Å²) in [4.78, 5) is 17.7. The summed E-state index contributed by atoms with van der Waals surface area (Å²) in [6.45, 7) is 11.6. The first-order valence-electron chi connectivity index (χ1n) is 11.8. The lowest BCUT2D eigenvalue weighted by atomic mass is 10.1. The average Bonchev–Trinajstić information content (AvgIpc) is 3.49. The molecular formula is C25H28ClF5N6. The zero-order valence-corrected chi connectivity index (χ0v) is 21.2. The Kier molecular flexibility index (Phi) is 9.85. The van der Waals surface area contributed by atoms with Crippen molar-refractivity contribution in [3.05, 3.63) is 65.0 Å². The van der Waals surface area contributed by atoms with Gasteiger partial charge in [0, 0.05) is 30.8 Å². The van der Waals surface area contributed by atoms with Gasteiger partial charge in [-0.25, -0.2) is 26.9 Å². The predicted octanol–water partition coefficient (Wildman–Crippen LogP) is 6.65. The van der Waals surface area contributed by atoms with E-state index >= 15 is 0 Å². The Morgan fingerprint density at radius 3 is 2.35 bits per heavy atom. The van der Waals surface area contributed by atoms with Crippen LogP contribution in [0.2, 0.25) is 5.28 Å². The zero-order chi connectivity index (χ0) is 27.1. The summed E-state index contributed by atoms with van der Waals surface area (Å²) in [7, 11) is 0. The summed E-state index contributed by atoms with van der Waals surface area (Å²) in [6.07, 6.45) is 5.16. The fraction of sp³-hybridized carbons (Fsp3) is 0.400. The van der Waals surface area contributed by atoms with Crippen molar-refractivity contribution in [1.29, 1.82) is 0 Å². The van der Waals surface area contributed by atoms with Gasteiger partial charge in [0.1, 0.15) is 11.5 Å². The van der Waals surface area contributed by atoms with Gasteiger partial charge in [-0.05, 0) is 37.1 Å². The van der Waals surface area contributed by atoms with Crippen molar-refractivity contribution in [1.82, 2.24) is 14.9 Å². The maximum atomic E-state index is 14.0. The first kappa shape index (κ1) is 28.4. The Balaban J connectivity index is 1.64. The largest absolute Gasteiger partial charge is 0.370 e. The van der Waals surface area contributed by atoms with Crippen molar-refractivity contribution in [2.45, 2.75) is 45.4 Å². The van der Waals surface area contributed by atoms with E-state index in [1.807, 2.05) is 0 Å². The van der Waals surface area contributed by atoms with Crippen LogP contribution in [0.3, 0.4) is 0 Å². The summed E-state index contributed by atoms with van der Waals surface area (Å²) in [5, 5.41) is 3.15. The molecule has 0 saturated heterocycles. The molecule has 0 atom stereocenters. The van der Waals surface area contributed by atoms with Gasteiger partial charge in [-0.2, -0.15) is 4.98 Å². The first-order chi connectivity index (χ1) is 17.7. The highest BCUT2D eigenvalue weighted by Gasteiger charge is 2.27. The van der Waals surface area contributed by atoms with Crippen molar-refractivity contribution in [2.75, 3.05) is 25.0 Å². The molecule has 0 aliphatic carbocycles. The molecule has 2 aromatic rings. The topological polar surface area (TPSA) is 68.7 Å². The van der Waals surface area contributed by atoms with Crippen LogP contribution in [0.4, 0.5) is 27.8 Å². The quantitative estimate of drug-likeness (QED) is 0.121. The second kappa shape index (κ2) is 12.8. The number of halogens is 6. The van der Waals surface area contributed by atoms with Crippen molar-refractivity contribution >= 4 is 34.7 Å². The molecule has 1 aliphatic heterocycles. The molecule has 0 amide bonds. The van der Waals surface area contributed by atoms with Crippen LogP contribution in [-0.2, 0) is 6.42 Å². The molecule has 0 fully saturated rings. The van der Waals surface area contributed by atoms with Crippen LogP contribution < -0.4 is 5.32 Å². The molecule has 2 N–H and O–H groups in total. The summed E-state index contributed by atoms with van der Waals surface area (Å²) in [6, 6.07) is 0. The maximum absolute atomic E-state index is 14.0. The number of anilines is 1. The van der Waals surface area contributed by atoms with Gasteiger partial charge in [-0.3, -0.25) is 4.99 Å². The number of imidazole rings is 1. The zero-order valence-electron chi connectivity index (χ0n) is 20.4. The number of aliphatic imine (C=N–C) groups is 2. The maximum Gasteiger partial charge on any atom is 0.202 e. The number of nitrogens with zero attached hydrogens (tertiary/aromatic N) is 4. The molecule has 0 bridgehead atoms. The molecular weight excluding hydrogens is 515 g/mol. The van der Waals surface area contributed by atoms with Crippen LogP contribution in [-0.4, -0.2) is 46.0 Å². The minimum atomic E-state index is -2.19. The van der Waals surface area contributed by atoms with Crippen molar-refractivity contribution < 1.29 is 22.0 Å². The van der Waals surface area contributed by atoms with Crippen molar-refractivity contribution in [3.63, 3.8) is 0 Å². The van der Waals surface area contributed by atoms with Gasteiger partial charge >= 0.3 is 0 Å². The predicted molar refractivity (Wildman–Crippen MR) is 136 cm³/mol. The molecule has 37 heavy (non-hydrogen) atoms. The van der Waals surface area contributed by atoms with E-state index in [1.165, 1.54) is 6.20 Å². The Morgan fingerprint density at radius 1 is 1.05 bits per heavy atom. The highest BCUT2D eigenvalue weighted by atomic mass is 35.5. The van der Waals surface area contributed by atoms with Gasteiger partial charge in [0.25, 0.3) is 0 Å². The number of aromatic amines is 1. The third-order valence-corrected chi connectivity index (χ3v) is 6.05. The van der Waals surface area contributed by atoms with Gasteiger partial charge in [0.15, 0.2) is 29.1 Å². The molecule has 200 valence electrons. The molecule has 1 aromatic heterocycles. The van der Waals surface area contributed by atoms with Gasteiger partial charge in [-0.1, -0.05) is 32.9 Å². The second-order valence-electron chi connectivity index (χ2n) is 8.48. The molecule has 1 aliphatic rings. The molecule has 0 spiro atoms. The fourth-order valence-electron chi connectivity index (χ4n) is 3.95. The van der Waals surface area contributed by atoms with E-state index in [-0.39, 0.29) is 17.7 Å². The Bertz CT molecular complexity index is 1190. The number of hydrogen-bond donors (Lipinski definition) is 2. The van der Waals surface area contributed by atoms with E-state index in [4.69, 9.17) is 11.6 Å². The van der Waals surface area contributed by atoms with Crippen LogP contribution in [0.1, 0.15) is 50.3 Å². The van der Waals surface area contributed by atoms with Crippen molar-refractivity contribution in [2.24, 2.45) is 9.98 Å². The van der Waals surface area contributed by atoms with Crippen LogP contribution in [0, 0.1) is 29.1 Å². The Morgan fingerprint density at radius 2 is 1.70 bits per heavy atom. The van der Waals surface area contributed by atoms with Gasteiger partial charge in [0.2, 0.25) is 11.1 Å². The minimum Gasteiger partial charge on any atom is -0.370 e. The second-order valence-corrected chi connectivity index (χ2v) is 8.84. The number of benzene rings is 1. The van der Waals surface area contributed by atoms with E-state index in [0.717, 1.165) is 25.8 Å². The van der Waals surface area contributed by atoms with E-state index in [2.05, 4.69) is 50.3 Å². The fourth-order valence-corrected chi connectivity index (χ4v) is 4.13. The van der Waals surface area contributed by atoms with Crippen molar-refractivity contribution in [3.8, 4) is 0 Å². The molecule has 12 heteroatoms. The van der Waals surface area contributed by atoms with Gasteiger partial charge in [-0.15, -0.1) is 0 Å². The number of hydrogen-bond acceptors (Lipinski definition) is 5. The molecule has 1 aromatic carbocycles. The monoisotopic (exact) mass is 542 g/mol. The smallest absolute Gasteiger partial charge is 0.202 e. The third-order valence-electron chi connectivity index (χ3n) is 5.88. The van der Waals surface area contributed by atoms with E-state index in [9.17, 15) is 22.0 Å². The van der Waals surface area contributed by atoms with E-state index in [1.54, 1.807) is 0 Å². The number of amidine groups is 1. The van der Waals surface area contributed by atoms with Crippen LogP contribution in [0.15, 0.2) is 29.3 Å². The Hall–Kier alpha value is -3.21. The molecule has 6 nitrogen and oxygen atoms in total. The van der Waals surface area contributed by atoms with E-state index < -0.39 is 41.1 Å². The van der Waals surface area contributed by atoms with Gasteiger partial charge in [0.05, 0.1) is 12.2 Å². The molecule has 0 saturated carbocycles. The standard InChI is InChI=1S/C25H28ClF5N6/c1-4-6-7-10-37(14(3)23-24(32-5-2)36-25(26)35-23)11-8-9-15-13-33-17(34-15)12-16-18(27)20(29)22(31)21(30)19(16)28/h5,32H,2-4,6-13H2,1H3,(H,35,36). The lowest BCUT2D eigenvalue weighted by Gasteiger charge is -2.26. The lowest BCUT2D eigenvalue weighted by Crippen LogP contribution is -2.25.